The molecule has 0 fully saturated rings. The summed E-state index contributed by atoms with van der Waals surface area (Å²) in [4.78, 5) is 11.8. The van der Waals surface area contributed by atoms with Gasteiger partial charge in [0.15, 0.2) is 0 Å². The zero-order valence-corrected chi connectivity index (χ0v) is 12.6. The number of hydrogen-bond donors (Lipinski definition) is 2. The van der Waals surface area contributed by atoms with Gasteiger partial charge in [-0.15, -0.1) is 0 Å². The number of allylic oxidation sites excluding steroid dienone is 1. The Morgan fingerprint density at radius 1 is 1.36 bits per heavy atom. The van der Waals surface area contributed by atoms with Gasteiger partial charge >= 0.3 is 6.18 Å². The van der Waals surface area contributed by atoms with Crippen LogP contribution in [0.4, 0.5) is 13.2 Å². The third-order valence-corrected chi connectivity index (χ3v) is 3.19. The SMILES string of the molecule is C/C(=C/C(=O)NC(C)CCCO)c1ccccc1C(F)(F)F. The lowest BCUT2D eigenvalue weighted by Gasteiger charge is -2.14. The average Bonchev–Trinajstić information content (AvgIpc) is 2.44. The molecule has 22 heavy (non-hydrogen) atoms. The number of carbonyl (C=O) groups excluding carboxylic acids is 1. The smallest absolute Gasteiger partial charge is 0.396 e. The van der Waals surface area contributed by atoms with Crippen molar-refractivity contribution in [3.63, 3.8) is 0 Å². The molecule has 0 aliphatic carbocycles. The first-order chi connectivity index (χ1) is 10.3. The van der Waals surface area contributed by atoms with Gasteiger partial charge in [0.05, 0.1) is 5.56 Å². The number of carbonyl (C=O) groups is 1. The summed E-state index contributed by atoms with van der Waals surface area (Å²) in [5, 5.41) is 11.4. The summed E-state index contributed by atoms with van der Waals surface area (Å²) in [7, 11) is 0. The van der Waals surface area contributed by atoms with E-state index in [1.54, 1.807) is 6.92 Å². The minimum atomic E-state index is -4.46. The van der Waals surface area contributed by atoms with Crippen LogP contribution in [0.2, 0.25) is 0 Å². The highest BCUT2D eigenvalue weighted by atomic mass is 19.4. The molecule has 0 saturated heterocycles. The summed E-state index contributed by atoms with van der Waals surface area (Å²) in [6, 6.07) is 5.01. The van der Waals surface area contributed by atoms with Crippen LogP contribution in [-0.4, -0.2) is 23.7 Å². The quantitative estimate of drug-likeness (QED) is 0.791. The Bertz CT molecular complexity index is 538. The number of halogens is 3. The summed E-state index contributed by atoms with van der Waals surface area (Å²) in [5.74, 6) is -0.445. The summed E-state index contributed by atoms with van der Waals surface area (Å²) < 4.78 is 38.8. The number of hydrogen-bond acceptors (Lipinski definition) is 2. The minimum Gasteiger partial charge on any atom is -0.396 e. The van der Waals surface area contributed by atoms with E-state index in [0.717, 1.165) is 6.07 Å². The topological polar surface area (TPSA) is 49.3 Å². The van der Waals surface area contributed by atoms with Crippen molar-refractivity contribution < 1.29 is 23.1 Å². The first-order valence-electron chi connectivity index (χ1n) is 7.02. The summed E-state index contributed by atoms with van der Waals surface area (Å²) in [6.07, 6.45) is -2.13. The highest BCUT2D eigenvalue weighted by Crippen LogP contribution is 2.34. The molecule has 1 aromatic rings. The lowest BCUT2D eigenvalue weighted by molar-refractivity contribution is -0.137. The summed E-state index contributed by atoms with van der Waals surface area (Å²) in [5.41, 5.74) is -0.516. The second-order valence-electron chi connectivity index (χ2n) is 5.15. The molecule has 1 aromatic carbocycles. The zero-order valence-electron chi connectivity index (χ0n) is 12.6. The van der Waals surface area contributed by atoms with Crippen LogP contribution >= 0.6 is 0 Å². The van der Waals surface area contributed by atoms with Crippen LogP contribution in [0.3, 0.4) is 0 Å². The van der Waals surface area contributed by atoms with Gasteiger partial charge in [0.1, 0.15) is 0 Å². The Labute approximate surface area is 127 Å². The van der Waals surface area contributed by atoms with E-state index < -0.39 is 17.6 Å². The minimum absolute atomic E-state index is 0.00633. The number of rotatable bonds is 6. The van der Waals surface area contributed by atoms with E-state index in [1.807, 2.05) is 0 Å². The number of alkyl halides is 3. The molecular weight excluding hydrogens is 295 g/mol. The van der Waals surface area contributed by atoms with Crippen LogP contribution in [0, 0.1) is 0 Å². The van der Waals surface area contributed by atoms with Gasteiger partial charge in [-0.25, -0.2) is 0 Å². The third-order valence-electron chi connectivity index (χ3n) is 3.19. The highest BCUT2D eigenvalue weighted by molar-refractivity contribution is 5.95. The molecule has 6 heteroatoms. The van der Waals surface area contributed by atoms with Gasteiger partial charge in [-0.05, 0) is 43.9 Å². The highest BCUT2D eigenvalue weighted by Gasteiger charge is 2.33. The van der Waals surface area contributed by atoms with Crippen molar-refractivity contribution in [3.8, 4) is 0 Å². The lowest BCUT2D eigenvalue weighted by Crippen LogP contribution is -2.31. The Morgan fingerprint density at radius 3 is 2.59 bits per heavy atom. The van der Waals surface area contributed by atoms with Crippen molar-refractivity contribution in [2.24, 2.45) is 0 Å². The maximum atomic E-state index is 12.9. The van der Waals surface area contributed by atoms with Gasteiger partial charge in [0, 0.05) is 18.7 Å². The number of aliphatic hydroxyl groups is 1. The first-order valence-corrected chi connectivity index (χ1v) is 7.02. The molecule has 1 rings (SSSR count). The zero-order chi connectivity index (χ0) is 16.8. The van der Waals surface area contributed by atoms with Gasteiger partial charge in [0.25, 0.3) is 0 Å². The molecule has 122 valence electrons. The predicted octanol–water partition coefficient (Wildman–Crippen LogP) is 3.39. The fraction of sp³-hybridized carbons (Fsp3) is 0.438. The standard InChI is InChI=1S/C16H20F3NO2/c1-11(10-15(22)20-12(2)6-5-9-21)13-7-3-4-8-14(13)16(17,18)19/h3-4,7-8,10,12,21H,5-6,9H2,1-2H3,(H,20,22)/b11-10-. The molecule has 0 heterocycles. The van der Waals surface area contributed by atoms with Crippen molar-refractivity contribution in [3.05, 3.63) is 41.5 Å². The maximum Gasteiger partial charge on any atom is 0.416 e. The number of aliphatic hydroxyl groups excluding tert-OH is 1. The average molecular weight is 315 g/mol. The lowest BCUT2D eigenvalue weighted by atomic mass is 10.00. The van der Waals surface area contributed by atoms with Crippen LogP contribution in [-0.2, 0) is 11.0 Å². The van der Waals surface area contributed by atoms with E-state index >= 15 is 0 Å². The molecule has 0 aromatic heterocycles. The molecule has 1 amide bonds. The third kappa shape index (κ3) is 5.52. The fourth-order valence-electron chi connectivity index (χ4n) is 2.10. The summed E-state index contributed by atoms with van der Waals surface area (Å²) in [6.45, 7) is 3.29. The maximum absolute atomic E-state index is 12.9. The Kier molecular flexibility index (Phi) is 6.61. The van der Waals surface area contributed by atoms with Gasteiger partial charge in [0.2, 0.25) is 5.91 Å². The van der Waals surface area contributed by atoms with Crippen LogP contribution < -0.4 is 5.32 Å². The van der Waals surface area contributed by atoms with Gasteiger partial charge in [-0.1, -0.05) is 18.2 Å². The van der Waals surface area contributed by atoms with E-state index in [4.69, 9.17) is 5.11 Å². The molecule has 0 bridgehead atoms. The largest absolute Gasteiger partial charge is 0.416 e. The number of benzene rings is 1. The van der Waals surface area contributed by atoms with E-state index in [1.165, 1.54) is 31.2 Å². The van der Waals surface area contributed by atoms with Crippen molar-refractivity contribution in [2.75, 3.05) is 6.61 Å². The predicted molar refractivity (Wildman–Crippen MR) is 79.0 cm³/mol. The molecule has 0 aliphatic rings. The van der Waals surface area contributed by atoms with E-state index in [2.05, 4.69) is 5.32 Å². The molecule has 0 saturated carbocycles. The second-order valence-corrected chi connectivity index (χ2v) is 5.15. The van der Waals surface area contributed by atoms with Crippen LogP contribution in [0.1, 0.15) is 37.8 Å². The van der Waals surface area contributed by atoms with E-state index in [9.17, 15) is 18.0 Å². The van der Waals surface area contributed by atoms with Crippen molar-refractivity contribution in [2.45, 2.75) is 38.9 Å². The molecule has 1 unspecified atom stereocenters. The van der Waals surface area contributed by atoms with E-state index in [-0.39, 0.29) is 23.8 Å². The number of nitrogens with one attached hydrogen (secondary N) is 1. The van der Waals surface area contributed by atoms with Gasteiger partial charge < -0.3 is 10.4 Å². The fourth-order valence-corrected chi connectivity index (χ4v) is 2.10. The molecule has 0 spiro atoms. The van der Waals surface area contributed by atoms with Crippen LogP contribution in [0.5, 0.6) is 0 Å². The molecule has 3 nitrogen and oxygen atoms in total. The Morgan fingerprint density at radius 2 is 2.00 bits per heavy atom. The van der Waals surface area contributed by atoms with Crippen molar-refractivity contribution >= 4 is 11.5 Å². The molecule has 0 aliphatic heterocycles. The van der Waals surface area contributed by atoms with Gasteiger partial charge in [-0.3, -0.25) is 4.79 Å². The van der Waals surface area contributed by atoms with Crippen molar-refractivity contribution in [1.82, 2.24) is 5.32 Å². The Hall–Kier alpha value is -1.82. The van der Waals surface area contributed by atoms with Crippen LogP contribution in [0.25, 0.3) is 5.57 Å². The molecular formula is C16H20F3NO2. The Balaban J connectivity index is 2.87. The molecule has 1 atom stereocenters. The van der Waals surface area contributed by atoms with Crippen molar-refractivity contribution in [1.29, 1.82) is 0 Å². The van der Waals surface area contributed by atoms with Gasteiger partial charge in [-0.2, -0.15) is 13.2 Å². The van der Waals surface area contributed by atoms with E-state index in [0.29, 0.717) is 12.8 Å². The first kappa shape index (κ1) is 18.2. The monoisotopic (exact) mass is 315 g/mol. The normalized spacial score (nSPS) is 13.8. The second kappa shape index (κ2) is 7.98. The number of amides is 1. The van der Waals surface area contributed by atoms with Crippen LogP contribution in [0.15, 0.2) is 30.3 Å². The summed E-state index contributed by atoms with van der Waals surface area (Å²) >= 11 is 0. The molecule has 0 radical (unpaired) electrons. The molecule has 2 N–H and O–H groups in total.